The molecule has 0 aliphatic heterocycles. The molecule has 3 rings (SSSR count). The summed E-state index contributed by atoms with van der Waals surface area (Å²) in [6.45, 7) is 0. The van der Waals surface area contributed by atoms with Crippen LogP contribution in [0.5, 0.6) is 5.75 Å². The molecule has 0 spiro atoms. The van der Waals surface area contributed by atoms with Crippen molar-refractivity contribution in [2.75, 3.05) is 7.11 Å². The summed E-state index contributed by atoms with van der Waals surface area (Å²) >= 11 is 0. The Bertz CT molecular complexity index is 659. The zero-order valence-electron chi connectivity index (χ0n) is 10.5. The van der Waals surface area contributed by atoms with Crippen molar-refractivity contribution in [3.63, 3.8) is 0 Å². The van der Waals surface area contributed by atoms with Gasteiger partial charge in [0.2, 0.25) is 0 Å². The maximum atomic E-state index is 5.17. The first-order valence-electron chi connectivity index (χ1n) is 5.96. The highest BCUT2D eigenvalue weighted by atomic mass is 16.5. The predicted octanol–water partition coefficient (Wildman–Crippen LogP) is 3.15. The van der Waals surface area contributed by atoms with Crippen molar-refractivity contribution in [3.8, 4) is 28.1 Å². The number of rotatable bonds is 3. The second kappa shape index (κ2) is 4.94. The summed E-state index contributed by atoms with van der Waals surface area (Å²) in [5.41, 5.74) is 4.13. The summed E-state index contributed by atoms with van der Waals surface area (Å²) in [6.07, 6.45) is 5.41. The van der Waals surface area contributed by atoms with Crippen molar-refractivity contribution in [3.05, 3.63) is 55.0 Å². The molecule has 3 aromatic rings. The molecule has 0 aliphatic carbocycles. The molecule has 0 aliphatic rings. The topological polar surface area (TPSA) is 50.8 Å². The Balaban J connectivity index is 2.04. The standard InChI is InChI=1S/C15H13N3O/c1-19-13-6-4-11(5-7-13)15-14(10-17-18-15)12-3-2-8-16-9-12/h2-10H,1H3,(H,17,18). The Morgan fingerprint density at radius 3 is 2.53 bits per heavy atom. The zero-order valence-corrected chi connectivity index (χ0v) is 10.5. The summed E-state index contributed by atoms with van der Waals surface area (Å²) < 4.78 is 5.17. The Kier molecular flexibility index (Phi) is 2.98. The van der Waals surface area contributed by atoms with Gasteiger partial charge >= 0.3 is 0 Å². The Labute approximate surface area is 111 Å². The molecule has 0 atom stereocenters. The van der Waals surface area contributed by atoms with Gasteiger partial charge in [0, 0.05) is 29.1 Å². The highest BCUT2D eigenvalue weighted by Crippen LogP contribution is 2.30. The van der Waals surface area contributed by atoms with Gasteiger partial charge in [-0.25, -0.2) is 0 Å². The third-order valence-corrected chi connectivity index (χ3v) is 2.99. The number of nitrogens with one attached hydrogen (secondary N) is 1. The second-order valence-electron chi connectivity index (χ2n) is 4.13. The minimum absolute atomic E-state index is 0.839. The van der Waals surface area contributed by atoms with Gasteiger partial charge in [-0.3, -0.25) is 10.1 Å². The van der Waals surface area contributed by atoms with E-state index in [1.54, 1.807) is 13.3 Å². The van der Waals surface area contributed by atoms with Crippen molar-refractivity contribution in [1.82, 2.24) is 15.2 Å². The number of benzene rings is 1. The molecule has 1 N–H and O–H groups in total. The number of pyridine rings is 1. The maximum Gasteiger partial charge on any atom is 0.118 e. The smallest absolute Gasteiger partial charge is 0.118 e. The molecule has 4 nitrogen and oxygen atoms in total. The third-order valence-electron chi connectivity index (χ3n) is 2.99. The molecule has 94 valence electrons. The molecule has 0 bridgehead atoms. The lowest BCUT2D eigenvalue weighted by Crippen LogP contribution is -1.85. The summed E-state index contributed by atoms with van der Waals surface area (Å²) in [5, 5.41) is 7.17. The lowest BCUT2D eigenvalue weighted by atomic mass is 10.0. The van der Waals surface area contributed by atoms with Gasteiger partial charge in [-0.1, -0.05) is 6.07 Å². The zero-order chi connectivity index (χ0) is 13.1. The van der Waals surface area contributed by atoms with E-state index < -0.39 is 0 Å². The van der Waals surface area contributed by atoms with Crippen LogP contribution in [-0.2, 0) is 0 Å². The number of aromatic nitrogens is 3. The van der Waals surface area contributed by atoms with E-state index in [1.807, 2.05) is 48.8 Å². The SMILES string of the molecule is COc1ccc(-c2[nH]ncc2-c2cccnc2)cc1. The number of nitrogens with zero attached hydrogens (tertiary/aromatic N) is 2. The molecule has 4 heteroatoms. The highest BCUT2D eigenvalue weighted by molar-refractivity contribution is 5.79. The number of ether oxygens (including phenoxy) is 1. The van der Waals surface area contributed by atoms with Crippen molar-refractivity contribution < 1.29 is 4.74 Å². The van der Waals surface area contributed by atoms with E-state index in [0.29, 0.717) is 0 Å². The minimum atomic E-state index is 0.839. The normalized spacial score (nSPS) is 10.4. The van der Waals surface area contributed by atoms with Crippen LogP contribution in [0.1, 0.15) is 0 Å². The molecular weight excluding hydrogens is 238 g/mol. The molecule has 19 heavy (non-hydrogen) atoms. The molecule has 1 aromatic carbocycles. The van der Waals surface area contributed by atoms with E-state index in [2.05, 4.69) is 15.2 Å². The first kappa shape index (κ1) is 11.5. The average molecular weight is 251 g/mol. The van der Waals surface area contributed by atoms with Gasteiger partial charge < -0.3 is 4.74 Å². The van der Waals surface area contributed by atoms with E-state index >= 15 is 0 Å². The van der Waals surface area contributed by atoms with E-state index in [-0.39, 0.29) is 0 Å². The van der Waals surface area contributed by atoms with Gasteiger partial charge in [0.05, 0.1) is 19.0 Å². The minimum Gasteiger partial charge on any atom is -0.497 e. The summed E-state index contributed by atoms with van der Waals surface area (Å²) in [6, 6.07) is 11.8. The summed E-state index contributed by atoms with van der Waals surface area (Å²) in [5.74, 6) is 0.839. The summed E-state index contributed by atoms with van der Waals surface area (Å²) in [4.78, 5) is 4.14. The third kappa shape index (κ3) is 2.20. The van der Waals surface area contributed by atoms with Gasteiger partial charge in [-0.2, -0.15) is 5.10 Å². The van der Waals surface area contributed by atoms with Crippen LogP contribution in [0.15, 0.2) is 55.0 Å². The molecule has 0 fully saturated rings. The van der Waals surface area contributed by atoms with Crippen LogP contribution in [0.3, 0.4) is 0 Å². The monoisotopic (exact) mass is 251 g/mol. The van der Waals surface area contributed by atoms with E-state index in [4.69, 9.17) is 4.74 Å². The van der Waals surface area contributed by atoms with E-state index in [0.717, 1.165) is 28.1 Å². The number of H-pyrrole nitrogens is 1. The molecular formula is C15H13N3O. The Morgan fingerprint density at radius 2 is 1.84 bits per heavy atom. The van der Waals surface area contributed by atoms with Crippen molar-refractivity contribution in [2.24, 2.45) is 0 Å². The number of hydrogen-bond donors (Lipinski definition) is 1. The summed E-state index contributed by atoms with van der Waals surface area (Å²) in [7, 11) is 1.66. The maximum absolute atomic E-state index is 5.17. The van der Waals surface area contributed by atoms with Crippen LogP contribution in [0, 0.1) is 0 Å². The predicted molar refractivity (Wildman–Crippen MR) is 73.8 cm³/mol. The second-order valence-corrected chi connectivity index (χ2v) is 4.13. The Morgan fingerprint density at radius 1 is 1.00 bits per heavy atom. The molecule has 0 unspecified atom stereocenters. The first-order valence-corrected chi connectivity index (χ1v) is 5.96. The fourth-order valence-corrected chi connectivity index (χ4v) is 2.00. The van der Waals surface area contributed by atoms with Gasteiger partial charge in [-0.05, 0) is 30.3 Å². The fourth-order valence-electron chi connectivity index (χ4n) is 2.00. The van der Waals surface area contributed by atoms with E-state index in [1.165, 1.54) is 0 Å². The molecule has 0 amide bonds. The highest BCUT2D eigenvalue weighted by Gasteiger charge is 2.09. The van der Waals surface area contributed by atoms with Gasteiger partial charge in [-0.15, -0.1) is 0 Å². The number of hydrogen-bond acceptors (Lipinski definition) is 3. The quantitative estimate of drug-likeness (QED) is 0.778. The molecule has 0 saturated heterocycles. The van der Waals surface area contributed by atoms with Gasteiger partial charge in [0.1, 0.15) is 5.75 Å². The fraction of sp³-hybridized carbons (Fsp3) is 0.0667. The van der Waals surface area contributed by atoms with Crippen LogP contribution in [-0.4, -0.2) is 22.3 Å². The van der Waals surface area contributed by atoms with Gasteiger partial charge in [0.15, 0.2) is 0 Å². The number of aromatic amines is 1. The van der Waals surface area contributed by atoms with E-state index in [9.17, 15) is 0 Å². The van der Waals surface area contributed by atoms with Crippen LogP contribution in [0.2, 0.25) is 0 Å². The molecule has 0 saturated carbocycles. The van der Waals surface area contributed by atoms with Crippen LogP contribution >= 0.6 is 0 Å². The Hall–Kier alpha value is -2.62. The van der Waals surface area contributed by atoms with Gasteiger partial charge in [0.25, 0.3) is 0 Å². The van der Waals surface area contributed by atoms with Crippen LogP contribution in [0.4, 0.5) is 0 Å². The lowest BCUT2D eigenvalue weighted by molar-refractivity contribution is 0.415. The number of methoxy groups -OCH3 is 1. The molecule has 2 heterocycles. The first-order chi connectivity index (χ1) is 9.38. The van der Waals surface area contributed by atoms with Crippen molar-refractivity contribution >= 4 is 0 Å². The van der Waals surface area contributed by atoms with Crippen LogP contribution in [0.25, 0.3) is 22.4 Å². The lowest BCUT2D eigenvalue weighted by Gasteiger charge is -2.04. The van der Waals surface area contributed by atoms with Crippen molar-refractivity contribution in [2.45, 2.75) is 0 Å². The van der Waals surface area contributed by atoms with Crippen molar-refractivity contribution in [1.29, 1.82) is 0 Å². The molecule has 0 radical (unpaired) electrons. The van der Waals surface area contributed by atoms with Crippen LogP contribution < -0.4 is 4.74 Å². The largest absolute Gasteiger partial charge is 0.497 e. The molecule has 2 aromatic heterocycles. The average Bonchev–Trinajstić information content (AvgIpc) is 2.98.